The zero-order valence-electron chi connectivity index (χ0n) is 17.8. The third kappa shape index (κ3) is 5.96. The molecule has 5 nitrogen and oxygen atoms in total. The fraction of sp³-hybridized carbons (Fsp3) is 0.320. The summed E-state index contributed by atoms with van der Waals surface area (Å²) >= 11 is 7.53. The predicted molar refractivity (Wildman–Crippen MR) is 129 cm³/mol. The average molecular weight is 468 g/mol. The van der Waals surface area contributed by atoms with Crippen molar-refractivity contribution >= 4 is 34.8 Å². The molecule has 4 rings (SSSR count). The second-order valence-corrected chi connectivity index (χ2v) is 9.30. The zero-order valence-corrected chi connectivity index (χ0v) is 19.4. The van der Waals surface area contributed by atoms with Crippen LogP contribution >= 0.6 is 22.9 Å². The summed E-state index contributed by atoms with van der Waals surface area (Å²) in [7, 11) is 0. The summed E-state index contributed by atoms with van der Waals surface area (Å²) < 4.78 is 0. The Labute approximate surface area is 197 Å². The molecule has 3 aromatic rings. The van der Waals surface area contributed by atoms with Gasteiger partial charge in [-0.1, -0.05) is 54.1 Å². The summed E-state index contributed by atoms with van der Waals surface area (Å²) in [6.07, 6.45) is 2.49. The lowest BCUT2D eigenvalue weighted by Crippen LogP contribution is -2.43. The molecule has 32 heavy (non-hydrogen) atoms. The normalized spacial score (nSPS) is 14.3. The van der Waals surface area contributed by atoms with E-state index in [2.05, 4.69) is 27.8 Å². The number of benzene rings is 2. The zero-order chi connectivity index (χ0) is 22.3. The van der Waals surface area contributed by atoms with E-state index >= 15 is 0 Å². The van der Waals surface area contributed by atoms with Crippen molar-refractivity contribution in [2.24, 2.45) is 5.92 Å². The Morgan fingerprint density at radius 3 is 2.50 bits per heavy atom. The van der Waals surface area contributed by atoms with E-state index in [0.29, 0.717) is 50.3 Å². The van der Waals surface area contributed by atoms with Crippen LogP contribution in [0.15, 0.2) is 60.0 Å². The Kier molecular flexibility index (Phi) is 7.55. The molecule has 0 radical (unpaired) electrons. The van der Waals surface area contributed by atoms with Crippen molar-refractivity contribution in [2.45, 2.75) is 25.7 Å². The summed E-state index contributed by atoms with van der Waals surface area (Å²) in [6, 6.07) is 17.5. The molecule has 1 fully saturated rings. The van der Waals surface area contributed by atoms with Crippen LogP contribution in [0, 0.1) is 5.92 Å². The number of carbonyl (C=O) groups excluding carboxylic acids is 2. The smallest absolute Gasteiger partial charge is 0.226 e. The van der Waals surface area contributed by atoms with Crippen molar-refractivity contribution in [3.05, 3.63) is 76.3 Å². The second kappa shape index (κ2) is 10.7. The van der Waals surface area contributed by atoms with Crippen LogP contribution in [-0.4, -0.2) is 41.3 Å². The van der Waals surface area contributed by atoms with Crippen LogP contribution in [0.5, 0.6) is 0 Å². The first-order valence-corrected chi connectivity index (χ1v) is 12.1. The van der Waals surface area contributed by atoms with Crippen molar-refractivity contribution in [1.29, 1.82) is 0 Å². The molecule has 1 N–H and O–H groups in total. The van der Waals surface area contributed by atoms with Crippen LogP contribution in [-0.2, 0) is 22.4 Å². The lowest BCUT2D eigenvalue weighted by molar-refractivity contribution is -0.135. The number of thiazole rings is 1. The van der Waals surface area contributed by atoms with Gasteiger partial charge in [0.25, 0.3) is 0 Å². The minimum absolute atomic E-state index is 0.0371. The minimum Gasteiger partial charge on any atom is -0.355 e. The Morgan fingerprint density at radius 2 is 1.78 bits per heavy atom. The molecule has 0 spiro atoms. The number of hydrogen-bond acceptors (Lipinski definition) is 4. The number of halogens is 1. The second-order valence-electron chi connectivity index (χ2n) is 8.01. The third-order valence-electron chi connectivity index (χ3n) is 5.74. The number of piperidine rings is 1. The number of nitrogens with one attached hydrogen (secondary N) is 1. The van der Waals surface area contributed by atoms with E-state index in [9.17, 15) is 9.59 Å². The molecular formula is C25H26ClN3O2S. The van der Waals surface area contributed by atoms with Gasteiger partial charge in [-0.05, 0) is 30.5 Å². The highest BCUT2D eigenvalue weighted by Crippen LogP contribution is 2.23. The Morgan fingerprint density at radius 1 is 1.06 bits per heavy atom. The molecular weight excluding hydrogens is 442 g/mol. The maximum Gasteiger partial charge on any atom is 0.226 e. The molecule has 0 bridgehead atoms. The number of aromatic nitrogens is 1. The van der Waals surface area contributed by atoms with Gasteiger partial charge >= 0.3 is 0 Å². The number of nitrogens with zero attached hydrogens (tertiary/aromatic N) is 2. The topological polar surface area (TPSA) is 62.3 Å². The third-order valence-corrected chi connectivity index (χ3v) is 6.93. The lowest BCUT2D eigenvalue weighted by atomic mass is 9.95. The maximum absolute atomic E-state index is 12.6. The van der Waals surface area contributed by atoms with Gasteiger partial charge in [-0.15, -0.1) is 11.3 Å². The molecule has 0 aliphatic carbocycles. The Balaban J connectivity index is 1.18. The quantitative estimate of drug-likeness (QED) is 0.552. The lowest BCUT2D eigenvalue weighted by Gasteiger charge is -2.31. The van der Waals surface area contributed by atoms with Gasteiger partial charge < -0.3 is 10.2 Å². The van der Waals surface area contributed by atoms with Crippen LogP contribution in [0.3, 0.4) is 0 Å². The highest BCUT2D eigenvalue weighted by molar-refractivity contribution is 7.13. The van der Waals surface area contributed by atoms with Crippen LogP contribution in [0.25, 0.3) is 10.6 Å². The summed E-state index contributed by atoms with van der Waals surface area (Å²) in [5, 5.41) is 6.77. The van der Waals surface area contributed by atoms with Crippen LogP contribution in [0.4, 0.5) is 0 Å². The molecule has 0 atom stereocenters. The van der Waals surface area contributed by atoms with Crippen molar-refractivity contribution in [2.75, 3.05) is 19.6 Å². The number of hydrogen-bond donors (Lipinski definition) is 1. The van der Waals surface area contributed by atoms with Crippen LogP contribution < -0.4 is 5.32 Å². The summed E-state index contributed by atoms with van der Waals surface area (Å²) in [5.74, 6) is 0.141. The van der Waals surface area contributed by atoms with Gasteiger partial charge in [0.2, 0.25) is 11.8 Å². The van der Waals surface area contributed by atoms with E-state index in [1.165, 1.54) is 0 Å². The molecule has 2 heterocycles. The largest absolute Gasteiger partial charge is 0.355 e. The van der Waals surface area contributed by atoms with Gasteiger partial charge in [-0.25, -0.2) is 4.98 Å². The molecule has 1 aliphatic rings. The van der Waals surface area contributed by atoms with Gasteiger partial charge in [-0.2, -0.15) is 0 Å². The van der Waals surface area contributed by atoms with Crippen molar-refractivity contribution in [1.82, 2.24) is 15.2 Å². The average Bonchev–Trinajstić information content (AvgIpc) is 3.30. The summed E-state index contributed by atoms with van der Waals surface area (Å²) in [4.78, 5) is 31.7. The molecule has 2 aromatic carbocycles. The number of amides is 2. The van der Waals surface area contributed by atoms with E-state index in [0.717, 1.165) is 21.8 Å². The first-order valence-electron chi connectivity index (χ1n) is 10.9. The summed E-state index contributed by atoms with van der Waals surface area (Å²) in [5.41, 5.74) is 3.07. The molecule has 1 saturated heterocycles. The highest BCUT2D eigenvalue weighted by Gasteiger charge is 2.27. The molecule has 0 saturated carbocycles. The number of rotatable bonds is 7. The van der Waals surface area contributed by atoms with E-state index in [1.807, 2.05) is 35.2 Å². The van der Waals surface area contributed by atoms with Gasteiger partial charge in [0.1, 0.15) is 5.01 Å². The van der Waals surface area contributed by atoms with E-state index in [4.69, 9.17) is 11.6 Å². The van der Waals surface area contributed by atoms with Gasteiger partial charge in [0, 0.05) is 47.9 Å². The SMILES string of the molecule is O=C(NCCc1csc(-c2ccccc2)n1)C1CCN(C(=O)Cc2ccc(Cl)cc2)CC1. The predicted octanol–water partition coefficient (Wildman–Crippen LogP) is 4.60. The van der Waals surface area contributed by atoms with Gasteiger partial charge in [-0.3, -0.25) is 9.59 Å². The maximum atomic E-state index is 12.6. The monoisotopic (exact) mass is 467 g/mol. The number of carbonyl (C=O) groups is 2. The van der Waals surface area contributed by atoms with E-state index in [-0.39, 0.29) is 17.7 Å². The fourth-order valence-corrected chi connectivity index (χ4v) is 4.86. The van der Waals surface area contributed by atoms with Crippen molar-refractivity contribution < 1.29 is 9.59 Å². The minimum atomic E-state index is -0.0371. The molecule has 166 valence electrons. The van der Waals surface area contributed by atoms with Crippen LogP contribution in [0.1, 0.15) is 24.1 Å². The van der Waals surface area contributed by atoms with Crippen LogP contribution in [0.2, 0.25) is 5.02 Å². The Bertz CT molecular complexity index is 1040. The molecule has 1 aromatic heterocycles. The number of likely N-dealkylation sites (tertiary alicyclic amines) is 1. The van der Waals surface area contributed by atoms with E-state index in [1.54, 1.807) is 23.5 Å². The first kappa shape index (κ1) is 22.5. The highest BCUT2D eigenvalue weighted by atomic mass is 35.5. The standard InChI is InChI=1S/C25H26ClN3O2S/c26-21-8-6-18(7-9-21)16-23(30)29-14-11-19(12-15-29)24(31)27-13-10-22-17-32-25(28-22)20-4-2-1-3-5-20/h1-9,17,19H,10-16H2,(H,27,31). The molecule has 0 unspecified atom stereocenters. The summed E-state index contributed by atoms with van der Waals surface area (Å²) in [6.45, 7) is 1.82. The molecule has 1 aliphatic heterocycles. The van der Waals surface area contributed by atoms with Crippen molar-refractivity contribution in [3.63, 3.8) is 0 Å². The fourth-order valence-electron chi connectivity index (χ4n) is 3.87. The molecule has 7 heteroatoms. The van der Waals surface area contributed by atoms with E-state index < -0.39 is 0 Å². The first-order chi connectivity index (χ1) is 15.6. The van der Waals surface area contributed by atoms with Gasteiger partial charge in [0.15, 0.2) is 0 Å². The Hall–Kier alpha value is -2.70. The van der Waals surface area contributed by atoms with Gasteiger partial charge in [0.05, 0.1) is 12.1 Å². The van der Waals surface area contributed by atoms with Crippen molar-refractivity contribution in [3.8, 4) is 10.6 Å². The molecule has 2 amide bonds.